The van der Waals surface area contributed by atoms with E-state index in [1.165, 1.54) is 12.1 Å². The maximum Gasteiger partial charge on any atom is 0.269 e. The zero-order valence-corrected chi connectivity index (χ0v) is 12.1. The van der Waals surface area contributed by atoms with Crippen LogP contribution in [0.15, 0.2) is 29.2 Å². The molecule has 1 atom stereocenters. The lowest BCUT2D eigenvalue weighted by molar-refractivity contribution is -0.384. The van der Waals surface area contributed by atoms with Gasteiger partial charge in [-0.05, 0) is 25.1 Å². The van der Waals surface area contributed by atoms with Crippen LogP contribution in [-0.2, 0) is 14.8 Å². The fourth-order valence-electron chi connectivity index (χ4n) is 1.93. The fraction of sp³-hybridized carbons (Fsp3) is 0.500. The minimum absolute atomic E-state index is 0.00492. The van der Waals surface area contributed by atoms with Gasteiger partial charge < -0.3 is 10.1 Å². The maximum absolute atomic E-state index is 12.1. The predicted octanol–water partition coefficient (Wildman–Crippen LogP) is 0.252. The lowest BCUT2D eigenvalue weighted by Crippen LogP contribution is -2.38. The average Bonchev–Trinajstić information content (AvgIpc) is 2.74. The predicted molar refractivity (Wildman–Crippen MR) is 75.5 cm³/mol. The van der Waals surface area contributed by atoms with E-state index in [0.717, 1.165) is 25.1 Å². The van der Waals surface area contributed by atoms with E-state index in [0.29, 0.717) is 13.2 Å². The van der Waals surface area contributed by atoms with E-state index >= 15 is 0 Å². The molecule has 8 nitrogen and oxygen atoms in total. The zero-order chi connectivity index (χ0) is 15.3. The Morgan fingerprint density at radius 2 is 2.10 bits per heavy atom. The number of nitrogens with one attached hydrogen (secondary N) is 2. The maximum atomic E-state index is 12.1. The van der Waals surface area contributed by atoms with Crippen molar-refractivity contribution in [2.45, 2.75) is 17.4 Å². The van der Waals surface area contributed by atoms with Gasteiger partial charge in [-0.25, -0.2) is 13.1 Å². The Hall–Kier alpha value is -1.55. The molecule has 1 aromatic carbocycles. The molecule has 9 heteroatoms. The molecule has 1 fully saturated rings. The Bertz CT molecular complexity index is 579. The summed E-state index contributed by atoms with van der Waals surface area (Å²) in [5.41, 5.74) is -0.148. The molecule has 0 aliphatic carbocycles. The van der Waals surface area contributed by atoms with Crippen LogP contribution < -0.4 is 10.0 Å². The number of non-ortho nitro benzene ring substituents is 1. The molecule has 0 bridgehead atoms. The van der Waals surface area contributed by atoms with Crippen LogP contribution in [0.1, 0.15) is 6.42 Å². The quantitative estimate of drug-likeness (QED) is 0.595. The van der Waals surface area contributed by atoms with E-state index in [4.69, 9.17) is 4.74 Å². The van der Waals surface area contributed by atoms with Gasteiger partial charge in [0.25, 0.3) is 5.69 Å². The van der Waals surface area contributed by atoms with Crippen LogP contribution in [0.3, 0.4) is 0 Å². The smallest absolute Gasteiger partial charge is 0.269 e. The van der Waals surface area contributed by atoms with Gasteiger partial charge in [0.15, 0.2) is 0 Å². The largest absolute Gasteiger partial charge is 0.375 e. The molecule has 1 aromatic rings. The highest BCUT2D eigenvalue weighted by atomic mass is 32.2. The summed E-state index contributed by atoms with van der Waals surface area (Å²) in [6.07, 6.45) is 0.673. The van der Waals surface area contributed by atoms with Crippen molar-refractivity contribution in [3.8, 4) is 0 Å². The summed E-state index contributed by atoms with van der Waals surface area (Å²) in [6.45, 7) is 2.19. The molecule has 0 saturated carbocycles. The fourth-order valence-corrected chi connectivity index (χ4v) is 3.00. The van der Waals surface area contributed by atoms with Crippen LogP contribution in [0.2, 0.25) is 0 Å². The molecule has 0 radical (unpaired) electrons. The van der Waals surface area contributed by atoms with Crippen molar-refractivity contribution in [1.82, 2.24) is 10.0 Å². The molecular formula is C12H17N3O5S. The van der Waals surface area contributed by atoms with Crippen LogP contribution in [0, 0.1) is 10.1 Å². The highest BCUT2D eigenvalue weighted by Crippen LogP contribution is 2.15. The van der Waals surface area contributed by atoms with Crippen molar-refractivity contribution < 1.29 is 18.1 Å². The van der Waals surface area contributed by atoms with Crippen molar-refractivity contribution in [3.63, 3.8) is 0 Å². The molecule has 2 N–H and O–H groups in total. The van der Waals surface area contributed by atoms with E-state index in [2.05, 4.69) is 10.0 Å². The molecule has 1 aliphatic heterocycles. The average molecular weight is 315 g/mol. The number of rotatable bonds is 5. The summed E-state index contributed by atoms with van der Waals surface area (Å²) < 4.78 is 32.1. The first-order chi connectivity index (χ1) is 9.99. The Labute approximate surface area is 122 Å². The molecule has 116 valence electrons. The number of nitro groups is 1. The van der Waals surface area contributed by atoms with Crippen molar-refractivity contribution in [2.75, 3.05) is 26.2 Å². The molecule has 1 heterocycles. The molecule has 1 saturated heterocycles. The van der Waals surface area contributed by atoms with Gasteiger partial charge in [0, 0.05) is 31.8 Å². The number of nitro benzene ring substituents is 1. The number of hydrogen-bond acceptors (Lipinski definition) is 6. The summed E-state index contributed by atoms with van der Waals surface area (Å²) >= 11 is 0. The molecule has 1 unspecified atom stereocenters. The first-order valence-electron chi connectivity index (χ1n) is 6.55. The molecule has 0 spiro atoms. The van der Waals surface area contributed by atoms with Crippen LogP contribution >= 0.6 is 0 Å². The van der Waals surface area contributed by atoms with E-state index in [9.17, 15) is 18.5 Å². The summed E-state index contributed by atoms with van der Waals surface area (Å²) in [6, 6.07) is 4.76. The Balaban J connectivity index is 1.98. The topological polar surface area (TPSA) is 111 Å². The SMILES string of the molecule is O=[N+]([O-])c1ccc(S(=O)(=O)NCC2CNCCCO2)cc1. The molecule has 0 amide bonds. The number of hydrogen-bond donors (Lipinski definition) is 2. The summed E-state index contributed by atoms with van der Waals surface area (Å²) in [5.74, 6) is 0. The van der Waals surface area contributed by atoms with Crippen molar-refractivity contribution >= 4 is 15.7 Å². The minimum atomic E-state index is -3.69. The summed E-state index contributed by atoms with van der Waals surface area (Å²) in [4.78, 5) is 9.96. The second-order valence-corrected chi connectivity index (χ2v) is 6.42. The van der Waals surface area contributed by atoms with Crippen LogP contribution in [0.5, 0.6) is 0 Å². The number of ether oxygens (including phenoxy) is 1. The monoisotopic (exact) mass is 315 g/mol. The lowest BCUT2D eigenvalue weighted by Gasteiger charge is -2.15. The second kappa shape index (κ2) is 6.94. The molecule has 21 heavy (non-hydrogen) atoms. The number of nitrogens with zero attached hydrogens (tertiary/aromatic N) is 1. The van der Waals surface area contributed by atoms with Crippen molar-refractivity contribution in [1.29, 1.82) is 0 Å². The standard InChI is InChI=1S/C12H17N3O5S/c16-15(17)10-2-4-12(5-3-10)21(18,19)14-9-11-8-13-6-1-7-20-11/h2-5,11,13-14H,1,6-9H2. The Kier molecular flexibility index (Phi) is 5.23. The highest BCUT2D eigenvalue weighted by Gasteiger charge is 2.19. The van der Waals surface area contributed by atoms with Gasteiger partial charge in [0.05, 0.1) is 15.9 Å². The van der Waals surface area contributed by atoms with E-state index in [1.807, 2.05) is 0 Å². The first kappa shape index (κ1) is 15.8. The van der Waals surface area contributed by atoms with Gasteiger partial charge >= 0.3 is 0 Å². The number of benzene rings is 1. The van der Waals surface area contributed by atoms with Gasteiger partial charge in [-0.15, -0.1) is 0 Å². The number of sulfonamides is 1. The normalized spacial score (nSPS) is 19.9. The van der Waals surface area contributed by atoms with E-state index in [-0.39, 0.29) is 23.2 Å². The van der Waals surface area contributed by atoms with Crippen LogP contribution in [-0.4, -0.2) is 45.7 Å². The third-order valence-corrected chi connectivity index (χ3v) is 4.52. The van der Waals surface area contributed by atoms with Gasteiger partial charge in [0.1, 0.15) is 0 Å². The highest BCUT2D eigenvalue weighted by molar-refractivity contribution is 7.89. The second-order valence-electron chi connectivity index (χ2n) is 4.65. The minimum Gasteiger partial charge on any atom is -0.375 e. The third kappa shape index (κ3) is 4.46. The van der Waals surface area contributed by atoms with Gasteiger partial charge in [-0.3, -0.25) is 10.1 Å². The zero-order valence-electron chi connectivity index (χ0n) is 11.3. The summed E-state index contributed by atoms with van der Waals surface area (Å²) in [5, 5.41) is 13.7. The van der Waals surface area contributed by atoms with Gasteiger partial charge in [-0.2, -0.15) is 0 Å². The molecule has 0 aromatic heterocycles. The van der Waals surface area contributed by atoms with Crippen molar-refractivity contribution in [3.05, 3.63) is 34.4 Å². The Morgan fingerprint density at radius 3 is 2.76 bits per heavy atom. The first-order valence-corrected chi connectivity index (χ1v) is 8.04. The summed E-state index contributed by atoms with van der Waals surface area (Å²) in [7, 11) is -3.69. The van der Waals surface area contributed by atoms with Gasteiger partial charge in [-0.1, -0.05) is 0 Å². The van der Waals surface area contributed by atoms with Crippen LogP contribution in [0.4, 0.5) is 5.69 Å². The molecule has 2 rings (SSSR count). The van der Waals surface area contributed by atoms with Crippen molar-refractivity contribution in [2.24, 2.45) is 0 Å². The van der Waals surface area contributed by atoms with E-state index in [1.54, 1.807) is 0 Å². The lowest BCUT2D eigenvalue weighted by atomic mass is 10.3. The molecular weight excluding hydrogens is 298 g/mol. The van der Waals surface area contributed by atoms with Crippen LogP contribution in [0.25, 0.3) is 0 Å². The molecule has 1 aliphatic rings. The van der Waals surface area contributed by atoms with E-state index < -0.39 is 14.9 Å². The Morgan fingerprint density at radius 1 is 1.38 bits per heavy atom. The third-order valence-electron chi connectivity index (χ3n) is 3.08. The van der Waals surface area contributed by atoms with Gasteiger partial charge in [0.2, 0.25) is 10.0 Å².